The van der Waals surface area contributed by atoms with E-state index in [0.29, 0.717) is 24.4 Å². The lowest BCUT2D eigenvalue weighted by Gasteiger charge is -2.24. The Morgan fingerprint density at radius 2 is 1.68 bits per heavy atom. The molecule has 2 atom stereocenters. The molecule has 0 saturated heterocycles. The van der Waals surface area contributed by atoms with Gasteiger partial charge in [-0.15, -0.1) is 11.3 Å². The zero-order valence-electron chi connectivity index (χ0n) is 20.4. The lowest BCUT2D eigenvalue weighted by Crippen LogP contribution is -2.52. The summed E-state index contributed by atoms with van der Waals surface area (Å²) in [6.07, 6.45) is 4.01. The van der Waals surface area contributed by atoms with Crippen molar-refractivity contribution in [3.05, 3.63) is 107 Å². The molecule has 37 heavy (non-hydrogen) atoms. The molecular weight excluding hydrogens is 484 g/mol. The van der Waals surface area contributed by atoms with Crippen LogP contribution in [0.25, 0.3) is 11.3 Å². The average Bonchev–Trinajstić information content (AvgIpc) is 3.40. The molecule has 190 valence electrons. The Bertz CT molecular complexity index is 1270. The minimum Gasteiger partial charge on any atom is -0.381 e. The van der Waals surface area contributed by atoms with Gasteiger partial charge in [0.1, 0.15) is 5.01 Å². The van der Waals surface area contributed by atoms with E-state index in [9.17, 15) is 14.7 Å². The van der Waals surface area contributed by atoms with E-state index in [-0.39, 0.29) is 12.3 Å². The molecule has 0 spiro atoms. The van der Waals surface area contributed by atoms with Crippen LogP contribution in [0.15, 0.2) is 90.6 Å². The molecule has 0 bridgehead atoms. The van der Waals surface area contributed by atoms with Crippen LogP contribution in [0.5, 0.6) is 0 Å². The van der Waals surface area contributed by atoms with Gasteiger partial charge in [-0.25, -0.2) is 4.98 Å². The third-order valence-electron chi connectivity index (χ3n) is 5.89. The highest BCUT2D eigenvalue weighted by atomic mass is 32.1. The number of aliphatic hydroxyl groups excluding tert-OH is 1. The molecule has 0 saturated carbocycles. The van der Waals surface area contributed by atoms with Crippen LogP contribution >= 0.6 is 11.3 Å². The van der Waals surface area contributed by atoms with Crippen LogP contribution in [0.2, 0.25) is 0 Å². The normalized spacial score (nSPS) is 12.5. The smallest absolute Gasteiger partial charge is 0.251 e. The summed E-state index contributed by atoms with van der Waals surface area (Å²) in [5.74, 6) is -0.800. The summed E-state index contributed by atoms with van der Waals surface area (Å²) in [4.78, 5) is 34.3. The van der Waals surface area contributed by atoms with Crippen molar-refractivity contribution < 1.29 is 14.7 Å². The minimum absolute atomic E-state index is 0.0717. The monoisotopic (exact) mass is 514 g/mol. The number of rotatable bonds is 12. The van der Waals surface area contributed by atoms with E-state index in [2.05, 4.69) is 20.6 Å². The molecule has 0 fully saturated rings. The molecule has 0 aliphatic heterocycles. The number of pyridine rings is 1. The molecule has 0 aliphatic rings. The van der Waals surface area contributed by atoms with Gasteiger partial charge in [-0.05, 0) is 36.5 Å². The van der Waals surface area contributed by atoms with E-state index in [1.165, 1.54) is 11.3 Å². The first kappa shape index (κ1) is 26.2. The molecule has 2 aromatic carbocycles. The van der Waals surface area contributed by atoms with Crippen molar-refractivity contribution in [3.8, 4) is 11.3 Å². The Kier molecular flexibility index (Phi) is 9.51. The number of nitrogens with zero attached hydrogens (tertiary/aromatic N) is 2. The summed E-state index contributed by atoms with van der Waals surface area (Å²) in [6, 6.07) is 22.4. The number of hydrogen-bond donors (Lipinski definition) is 3. The number of hydrogen-bond acceptors (Lipinski definition) is 6. The molecule has 0 radical (unpaired) electrons. The maximum Gasteiger partial charge on any atom is 0.251 e. The Labute approximate surface area is 220 Å². The second kappa shape index (κ2) is 13.4. The second-order valence-corrected chi connectivity index (χ2v) is 9.68. The van der Waals surface area contributed by atoms with Gasteiger partial charge in [0.25, 0.3) is 5.91 Å². The Morgan fingerprint density at radius 1 is 0.946 bits per heavy atom. The number of aromatic nitrogens is 2. The number of benzene rings is 2. The topological polar surface area (TPSA) is 104 Å². The number of amides is 2. The van der Waals surface area contributed by atoms with Gasteiger partial charge in [0.2, 0.25) is 5.91 Å². The first-order chi connectivity index (χ1) is 18.1. The van der Waals surface area contributed by atoms with E-state index < -0.39 is 18.1 Å². The van der Waals surface area contributed by atoms with Crippen LogP contribution in [0.3, 0.4) is 0 Å². The van der Waals surface area contributed by atoms with Crippen LogP contribution in [-0.2, 0) is 28.9 Å². The standard InChI is InChI=1S/C29H30N4O3S/c34-26(18-27-33-25(20-37-27)23-13-5-2-6-14-23)32-24(17-21-9-3-1-4-10-21)28(35)29(36)31-16-8-12-22-11-7-15-30-19-22/h1-7,9-11,13-15,19-20,24,28,35H,8,12,16-18H2,(H,31,36)(H,32,34)/t24-,28-/m0/s1. The third-order valence-corrected chi connectivity index (χ3v) is 6.74. The summed E-state index contributed by atoms with van der Waals surface area (Å²) in [5.41, 5.74) is 3.81. The molecule has 2 heterocycles. The van der Waals surface area contributed by atoms with Gasteiger partial charge in [0, 0.05) is 29.9 Å². The fraction of sp³-hybridized carbons (Fsp3) is 0.241. The quantitative estimate of drug-likeness (QED) is 0.251. The molecule has 7 nitrogen and oxygen atoms in total. The highest BCUT2D eigenvalue weighted by Crippen LogP contribution is 2.22. The highest BCUT2D eigenvalue weighted by Gasteiger charge is 2.28. The Hall–Kier alpha value is -3.88. The van der Waals surface area contributed by atoms with Gasteiger partial charge < -0.3 is 15.7 Å². The largest absolute Gasteiger partial charge is 0.381 e. The molecular formula is C29H30N4O3S. The van der Waals surface area contributed by atoms with Gasteiger partial charge in [0.15, 0.2) is 6.10 Å². The van der Waals surface area contributed by atoms with E-state index in [0.717, 1.165) is 28.8 Å². The van der Waals surface area contributed by atoms with Crippen molar-refractivity contribution in [3.63, 3.8) is 0 Å². The summed E-state index contributed by atoms with van der Waals surface area (Å²) in [6.45, 7) is 0.415. The second-order valence-electron chi connectivity index (χ2n) is 8.73. The Balaban J connectivity index is 1.35. The van der Waals surface area contributed by atoms with Crippen molar-refractivity contribution in [2.45, 2.75) is 37.8 Å². The highest BCUT2D eigenvalue weighted by molar-refractivity contribution is 7.10. The fourth-order valence-electron chi connectivity index (χ4n) is 3.98. The van der Waals surface area contributed by atoms with E-state index >= 15 is 0 Å². The third kappa shape index (κ3) is 8.06. The zero-order chi connectivity index (χ0) is 25.9. The maximum absolute atomic E-state index is 12.9. The van der Waals surface area contributed by atoms with Gasteiger partial charge in [0.05, 0.1) is 18.2 Å². The van der Waals surface area contributed by atoms with Gasteiger partial charge in [-0.1, -0.05) is 66.7 Å². The van der Waals surface area contributed by atoms with Crippen LogP contribution in [0.1, 0.15) is 22.6 Å². The molecule has 8 heteroatoms. The molecule has 2 amide bonds. The van der Waals surface area contributed by atoms with Crippen LogP contribution in [0.4, 0.5) is 0 Å². The number of nitrogens with one attached hydrogen (secondary N) is 2. The van der Waals surface area contributed by atoms with E-state index in [4.69, 9.17) is 0 Å². The Morgan fingerprint density at radius 3 is 2.41 bits per heavy atom. The molecule has 4 aromatic rings. The minimum atomic E-state index is -1.39. The number of thiazole rings is 1. The van der Waals surface area contributed by atoms with Crippen LogP contribution in [-0.4, -0.2) is 45.6 Å². The van der Waals surface area contributed by atoms with Crippen molar-refractivity contribution >= 4 is 23.2 Å². The first-order valence-corrected chi connectivity index (χ1v) is 13.1. The van der Waals surface area contributed by atoms with Crippen molar-refractivity contribution in [2.24, 2.45) is 0 Å². The van der Waals surface area contributed by atoms with Gasteiger partial charge in [-0.2, -0.15) is 0 Å². The maximum atomic E-state index is 12.9. The van der Waals surface area contributed by atoms with Crippen molar-refractivity contribution in [2.75, 3.05) is 6.54 Å². The van der Waals surface area contributed by atoms with Crippen LogP contribution in [0, 0.1) is 0 Å². The SMILES string of the molecule is O=C(Cc1nc(-c2ccccc2)cs1)N[C@@H](Cc1ccccc1)[C@H](O)C(=O)NCCCc1cccnc1. The lowest BCUT2D eigenvalue weighted by molar-refractivity contribution is -0.132. The van der Waals surface area contributed by atoms with Crippen LogP contribution < -0.4 is 10.6 Å². The number of aryl methyl sites for hydroxylation is 1. The molecule has 0 unspecified atom stereocenters. The zero-order valence-corrected chi connectivity index (χ0v) is 21.2. The van der Waals surface area contributed by atoms with Gasteiger partial charge >= 0.3 is 0 Å². The van der Waals surface area contributed by atoms with Crippen molar-refractivity contribution in [1.29, 1.82) is 0 Å². The summed E-state index contributed by atoms with van der Waals surface area (Å²) < 4.78 is 0. The molecule has 4 rings (SSSR count). The summed E-state index contributed by atoms with van der Waals surface area (Å²) in [7, 11) is 0. The van der Waals surface area contributed by atoms with E-state index in [1.54, 1.807) is 12.4 Å². The number of aliphatic hydroxyl groups is 1. The summed E-state index contributed by atoms with van der Waals surface area (Å²) in [5, 5.41) is 19.1. The van der Waals surface area contributed by atoms with Gasteiger partial charge in [-0.3, -0.25) is 14.6 Å². The first-order valence-electron chi connectivity index (χ1n) is 12.3. The predicted molar refractivity (Wildman–Crippen MR) is 145 cm³/mol. The lowest BCUT2D eigenvalue weighted by atomic mass is 10.00. The van der Waals surface area contributed by atoms with Crippen molar-refractivity contribution in [1.82, 2.24) is 20.6 Å². The number of carbonyl (C=O) groups is 2. The fourth-order valence-corrected chi connectivity index (χ4v) is 4.78. The molecule has 3 N–H and O–H groups in total. The number of carbonyl (C=O) groups excluding carboxylic acids is 2. The predicted octanol–water partition coefficient (Wildman–Crippen LogP) is 3.59. The average molecular weight is 515 g/mol. The molecule has 2 aromatic heterocycles. The summed E-state index contributed by atoms with van der Waals surface area (Å²) >= 11 is 1.41. The van der Waals surface area contributed by atoms with E-state index in [1.807, 2.05) is 78.2 Å². The molecule has 0 aliphatic carbocycles.